The molecule has 0 heterocycles. The van der Waals surface area contributed by atoms with Crippen molar-refractivity contribution in [2.75, 3.05) is 104 Å². The van der Waals surface area contributed by atoms with Gasteiger partial charge in [0.15, 0.2) is 0 Å². The molecule has 32 heavy (non-hydrogen) atoms. The summed E-state index contributed by atoms with van der Waals surface area (Å²) in [6.07, 6.45) is 0. The van der Waals surface area contributed by atoms with E-state index in [4.69, 9.17) is 37.9 Å². The van der Waals surface area contributed by atoms with Crippen LogP contribution in [0.2, 0.25) is 0 Å². The van der Waals surface area contributed by atoms with Gasteiger partial charge in [-0.1, -0.05) is 46.3 Å². The molecule has 0 radical (unpaired) electrons. The Hall–Kier alpha value is -0.620. The quantitative estimate of drug-likeness (QED) is 0.143. The molecule has 0 aliphatic heterocycles. The molecular weight excluding hydrogens is 484 g/mol. The van der Waals surface area contributed by atoms with Gasteiger partial charge in [0.1, 0.15) is 0 Å². The van der Waals surface area contributed by atoms with Gasteiger partial charge in [-0.25, -0.2) is 0 Å². The maximum absolute atomic E-state index is 5.55. The molecule has 1 aromatic carbocycles. The molecule has 0 atom stereocenters. The number of hydrogen-bond donors (Lipinski definition) is 0. The van der Waals surface area contributed by atoms with E-state index in [-0.39, 0.29) is 0 Å². The van der Waals surface area contributed by atoms with Gasteiger partial charge in [0.05, 0.1) is 106 Å². The van der Waals surface area contributed by atoms with Crippen molar-refractivity contribution in [1.29, 1.82) is 0 Å². The highest BCUT2D eigenvalue weighted by Gasteiger charge is 1.95. The minimum Gasteiger partial charge on any atom is -0.378 e. The normalized spacial score (nSPS) is 11.3. The van der Waals surface area contributed by atoms with Crippen LogP contribution < -0.4 is 0 Å². The van der Waals surface area contributed by atoms with Crippen molar-refractivity contribution in [3.8, 4) is 0 Å². The van der Waals surface area contributed by atoms with Crippen LogP contribution in [0.1, 0.15) is 5.56 Å². The lowest BCUT2D eigenvalue weighted by Gasteiger charge is -2.08. The maximum atomic E-state index is 5.55. The zero-order valence-corrected chi connectivity index (χ0v) is 20.6. The fourth-order valence-corrected chi connectivity index (χ4v) is 2.59. The molecule has 8 nitrogen and oxygen atoms in total. The zero-order chi connectivity index (χ0) is 22.8. The Morgan fingerprint density at radius 1 is 0.406 bits per heavy atom. The average molecular weight is 523 g/mol. The molecule has 0 aliphatic rings. The fraction of sp³-hybridized carbons (Fsp3) is 0.739. The molecule has 0 saturated heterocycles. The van der Waals surface area contributed by atoms with E-state index in [0.29, 0.717) is 106 Å². The summed E-state index contributed by atoms with van der Waals surface area (Å²) in [5, 5.41) is 0.845. The molecule has 0 N–H and O–H groups in total. The van der Waals surface area contributed by atoms with Crippen LogP contribution in [0, 0.1) is 0 Å². The Morgan fingerprint density at radius 3 is 1.06 bits per heavy atom. The Balaban J connectivity index is 1.64. The third-order valence-corrected chi connectivity index (χ3v) is 4.26. The molecule has 1 rings (SSSR count). The van der Waals surface area contributed by atoms with Crippen LogP contribution in [0.4, 0.5) is 0 Å². The fourth-order valence-electron chi connectivity index (χ4n) is 2.36. The third kappa shape index (κ3) is 21.2. The molecule has 186 valence electrons. The third-order valence-electron chi connectivity index (χ3n) is 3.94. The second kappa shape index (κ2) is 25.0. The first-order chi connectivity index (χ1) is 15.9. The van der Waals surface area contributed by atoms with E-state index < -0.39 is 0 Å². The van der Waals surface area contributed by atoms with Crippen LogP contribution in [0.3, 0.4) is 0 Å². The Bertz CT molecular complexity index is 480. The minimum absolute atomic E-state index is 0.538. The predicted molar refractivity (Wildman–Crippen MR) is 126 cm³/mol. The summed E-state index contributed by atoms with van der Waals surface area (Å²) in [6, 6.07) is 10.1. The number of alkyl halides is 1. The van der Waals surface area contributed by atoms with Gasteiger partial charge in [-0.2, -0.15) is 0 Å². The number of hydrogen-bond acceptors (Lipinski definition) is 8. The smallest absolute Gasteiger partial charge is 0.0718 e. The zero-order valence-electron chi connectivity index (χ0n) is 19.1. The molecule has 9 heteroatoms. The van der Waals surface area contributed by atoms with Gasteiger partial charge in [-0.05, 0) is 5.56 Å². The van der Waals surface area contributed by atoms with Gasteiger partial charge in [-0.3, -0.25) is 0 Å². The van der Waals surface area contributed by atoms with Crippen molar-refractivity contribution < 1.29 is 37.9 Å². The first-order valence-electron chi connectivity index (χ1n) is 11.2. The predicted octanol–water partition coefficient (Wildman–Crippen LogP) is 2.71. The lowest BCUT2D eigenvalue weighted by molar-refractivity contribution is -0.0233. The average Bonchev–Trinajstić information content (AvgIpc) is 2.82. The van der Waals surface area contributed by atoms with Crippen LogP contribution in [0.5, 0.6) is 0 Å². The van der Waals surface area contributed by atoms with Crippen LogP contribution in [-0.2, 0) is 44.5 Å². The van der Waals surface area contributed by atoms with Crippen LogP contribution in [0.25, 0.3) is 0 Å². The topological polar surface area (TPSA) is 73.8 Å². The first kappa shape index (κ1) is 29.4. The lowest BCUT2D eigenvalue weighted by atomic mass is 10.2. The van der Waals surface area contributed by atoms with Crippen molar-refractivity contribution >= 4 is 15.9 Å². The lowest BCUT2D eigenvalue weighted by Crippen LogP contribution is -2.15. The van der Waals surface area contributed by atoms with Crippen molar-refractivity contribution in [2.24, 2.45) is 0 Å². The number of benzene rings is 1. The van der Waals surface area contributed by atoms with Crippen molar-refractivity contribution in [1.82, 2.24) is 0 Å². The Morgan fingerprint density at radius 2 is 0.719 bits per heavy atom. The molecule has 1 aromatic rings. The molecule has 0 saturated carbocycles. The largest absolute Gasteiger partial charge is 0.378 e. The second-order valence-corrected chi connectivity index (χ2v) is 7.31. The highest BCUT2D eigenvalue weighted by Crippen LogP contribution is 1.99. The molecule has 0 bridgehead atoms. The number of rotatable bonds is 25. The number of ether oxygens (including phenoxy) is 8. The van der Waals surface area contributed by atoms with E-state index in [1.807, 2.05) is 30.3 Å². The first-order valence-corrected chi connectivity index (χ1v) is 12.3. The Labute approximate surface area is 200 Å². The van der Waals surface area contributed by atoms with Gasteiger partial charge in [0, 0.05) is 5.33 Å². The second-order valence-electron chi connectivity index (χ2n) is 6.51. The van der Waals surface area contributed by atoms with E-state index in [2.05, 4.69) is 15.9 Å². The van der Waals surface area contributed by atoms with Crippen LogP contribution in [-0.4, -0.2) is 104 Å². The highest BCUT2D eigenvalue weighted by atomic mass is 79.9. The summed E-state index contributed by atoms with van der Waals surface area (Å²) < 4.78 is 43.4. The monoisotopic (exact) mass is 522 g/mol. The maximum Gasteiger partial charge on any atom is 0.0718 e. The van der Waals surface area contributed by atoms with Gasteiger partial charge < -0.3 is 37.9 Å². The van der Waals surface area contributed by atoms with E-state index in [1.165, 1.54) is 5.56 Å². The molecular formula is C23H39BrO8. The summed E-state index contributed by atoms with van der Waals surface area (Å²) in [5.74, 6) is 0. The highest BCUT2D eigenvalue weighted by molar-refractivity contribution is 9.09. The summed E-state index contributed by atoms with van der Waals surface area (Å²) in [7, 11) is 0. The summed E-state index contributed by atoms with van der Waals surface area (Å²) >= 11 is 3.30. The van der Waals surface area contributed by atoms with Crippen LogP contribution >= 0.6 is 15.9 Å². The van der Waals surface area contributed by atoms with E-state index >= 15 is 0 Å². The summed E-state index contributed by atoms with van der Waals surface area (Å²) in [6.45, 7) is 9.10. The van der Waals surface area contributed by atoms with E-state index in [0.717, 1.165) is 5.33 Å². The molecule has 0 spiro atoms. The van der Waals surface area contributed by atoms with Crippen molar-refractivity contribution in [3.63, 3.8) is 0 Å². The molecule has 0 fully saturated rings. The Kier molecular flexibility index (Phi) is 23.0. The van der Waals surface area contributed by atoms with Gasteiger partial charge in [-0.15, -0.1) is 0 Å². The standard InChI is InChI=1S/C23H39BrO8/c24-6-7-25-8-9-26-10-11-27-12-13-28-14-15-29-16-17-30-18-19-31-20-21-32-22-23-4-2-1-3-5-23/h1-5H,6-22H2. The molecule has 0 aliphatic carbocycles. The molecule has 0 unspecified atom stereocenters. The minimum atomic E-state index is 0.538. The van der Waals surface area contributed by atoms with Gasteiger partial charge in [0.2, 0.25) is 0 Å². The van der Waals surface area contributed by atoms with E-state index in [1.54, 1.807) is 0 Å². The molecule has 0 amide bonds. The van der Waals surface area contributed by atoms with Gasteiger partial charge in [0.25, 0.3) is 0 Å². The van der Waals surface area contributed by atoms with Crippen molar-refractivity contribution in [3.05, 3.63) is 35.9 Å². The SMILES string of the molecule is BrCCOCCOCCOCCOCCOCCOCCOCCOCc1ccccc1. The van der Waals surface area contributed by atoms with Gasteiger partial charge >= 0.3 is 0 Å². The summed E-state index contributed by atoms with van der Waals surface area (Å²) in [4.78, 5) is 0. The van der Waals surface area contributed by atoms with Crippen molar-refractivity contribution in [2.45, 2.75) is 6.61 Å². The summed E-state index contributed by atoms with van der Waals surface area (Å²) in [5.41, 5.74) is 1.17. The molecule has 0 aromatic heterocycles. The van der Waals surface area contributed by atoms with E-state index in [9.17, 15) is 0 Å². The number of halogens is 1. The van der Waals surface area contributed by atoms with Crippen LogP contribution in [0.15, 0.2) is 30.3 Å².